The van der Waals surface area contributed by atoms with Crippen molar-refractivity contribution in [1.29, 1.82) is 0 Å². The number of ether oxygens (including phenoxy) is 1. The third-order valence-electron chi connectivity index (χ3n) is 4.37. The van der Waals surface area contributed by atoms with E-state index in [0.717, 1.165) is 44.1 Å². The Balaban J connectivity index is 2.40. The van der Waals surface area contributed by atoms with Gasteiger partial charge in [0.1, 0.15) is 11.8 Å². The molecule has 0 radical (unpaired) electrons. The Labute approximate surface area is 163 Å². The third-order valence-corrected chi connectivity index (χ3v) is 4.37. The van der Waals surface area contributed by atoms with Crippen LogP contribution < -0.4 is 21.5 Å². The smallest absolute Gasteiger partial charge is 0.328 e. The van der Waals surface area contributed by atoms with Crippen LogP contribution >= 0.6 is 0 Å². The summed E-state index contributed by atoms with van der Waals surface area (Å²) in [5, 5.41) is 3.02. The summed E-state index contributed by atoms with van der Waals surface area (Å²) in [6, 6.07) is 6.76. The minimum Gasteiger partial charge on any atom is -0.425 e. The number of esters is 1. The predicted octanol–water partition coefficient (Wildman–Crippen LogP) is 2.68. The molecular formula is C21H35N3O3. The van der Waals surface area contributed by atoms with Crippen molar-refractivity contribution in [1.82, 2.24) is 5.32 Å². The number of carbonyl (C=O) groups is 2. The molecule has 6 heteroatoms. The fraction of sp³-hybridized carbons (Fsp3) is 0.619. The van der Waals surface area contributed by atoms with Crippen molar-refractivity contribution >= 4 is 11.9 Å². The normalized spacial score (nSPS) is 13.0. The molecule has 1 rings (SSSR count). The molecule has 1 amide bonds. The lowest BCUT2D eigenvalue weighted by Crippen LogP contribution is -2.34. The topological polar surface area (TPSA) is 107 Å². The molecule has 1 aromatic rings. The van der Waals surface area contributed by atoms with E-state index in [1.54, 1.807) is 12.1 Å². The highest BCUT2D eigenvalue weighted by Crippen LogP contribution is 2.15. The number of rotatable bonds is 13. The Morgan fingerprint density at radius 3 is 2.44 bits per heavy atom. The second-order valence-corrected chi connectivity index (χ2v) is 7.09. The summed E-state index contributed by atoms with van der Waals surface area (Å²) >= 11 is 0. The van der Waals surface area contributed by atoms with Crippen LogP contribution in [0.25, 0.3) is 0 Å². The quantitative estimate of drug-likeness (QED) is 0.278. The molecule has 0 aromatic heterocycles. The number of amides is 1. The van der Waals surface area contributed by atoms with E-state index in [-0.39, 0.29) is 11.9 Å². The molecule has 2 unspecified atom stereocenters. The van der Waals surface area contributed by atoms with Gasteiger partial charge in [-0.05, 0) is 56.8 Å². The largest absolute Gasteiger partial charge is 0.425 e. The van der Waals surface area contributed by atoms with Gasteiger partial charge in [-0.15, -0.1) is 0 Å². The van der Waals surface area contributed by atoms with Crippen LogP contribution in [0.2, 0.25) is 0 Å². The van der Waals surface area contributed by atoms with Gasteiger partial charge >= 0.3 is 5.97 Å². The van der Waals surface area contributed by atoms with E-state index in [1.165, 1.54) is 0 Å². The lowest BCUT2D eigenvalue weighted by Gasteiger charge is -2.15. The van der Waals surface area contributed by atoms with Gasteiger partial charge in [0, 0.05) is 12.5 Å². The molecule has 5 N–H and O–H groups in total. The van der Waals surface area contributed by atoms with Gasteiger partial charge in [0.05, 0.1) is 0 Å². The zero-order chi connectivity index (χ0) is 20.1. The molecule has 0 aliphatic heterocycles. The van der Waals surface area contributed by atoms with Crippen molar-refractivity contribution < 1.29 is 14.3 Å². The van der Waals surface area contributed by atoms with Crippen LogP contribution in [0.15, 0.2) is 24.3 Å². The lowest BCUT2D eigenvalue weighted by molar-refractivity contribution is -0.136. The van der Waals surface area contributed by atoms with Gasteiger partial charge in [0.2, 0.25) is 5.91 Å². The molecule has 152 valence electrons. The number of nitrogens with two attached hydrogens (primary N) is 2. The summed E-state index contributed by atoms with van der Waals surface area (Å²) in [7, 11) is 0. The minimum absolute atomic E-state index is 0.0588. The molecule has 0 fully saturated rings. The zero-order valence-electron chi connectivity index (χ0n) is 16.7. The second kappa shape index (κ2) is 13.3. The van der Waals surface area contributed by atoms with Gasteiger partial charge in [-0.2, -0.15) is 0 Å². The highest BCUT2D eigenvalue weighted by molar-refractivity contribution is 5.78. The predicted molar refractivity (Wildman–Crippen MR) is 108 cm³/mol. The number of benzene rings is 1. The molecular weight excluding hydrogens is 342 g/mol. The van der Waals surface area contributed by atoms with E-state index in [2.05, 4.69) is 12.2 Å². The average Bonchev–Trinajstić information content (AvgIpc) is 2.63. The molecule has 0 saturated heterocycles. The van der Waals surface area contributed by atoms with Gasteiger partial charge in [0.25, 0.3) is 0 Å². The maximum atomic E-state index is 12.0. The molecule has 0 bridgehead atoms. The molecule has 1 aromatic carbocycles. The fourth-order valence-electron chi connectivity index (χ4n) is 2.80. The Hall–Kier alpha value is -1.92. The van der Waals surface area contributed by atoms with E-state index < -0.39 is 12.0 Å². The van der Waals surface area contributed by atoms with Crippen molar-refractivity contribution in [2.75, 3.05) is 6.54 Å². The molecule has 0 saturated carbocycles. The summed E-state index contributed by atoms with van der Waals surface area (Å²) < 4.78 is 5.32. The van der Waals surface area contributed by atoms with E-state index in [9.17, 15) is 9.59 Å². The van der Waals surface area contributed by atoms with Crippen LogP contribution in [-0.2, 0) is 16.0 Å². The van der Waals surface area contributed by atoms with Crippen LogP contribution in [0, 0.1) is 0 Å². The fourth-order valence-corrected chi connectivity index (χ4v) is 2.80. The van der Waals surface area contributed by atoms with Crippen LogP contribution in [0.5, 0.6) is 5.75 Å². The molecule has 2 atom stereocenters. The average molecular weight is 378 g/mol. The van der Waals surface area contributed by atoms with E-state index >= 15 is 0 Å². The molecule has 0 heterocycles. The van der Waals surface area contributed by atoms with Crippen molar-refractivity contribution in [2.45, 2.75) is 77.3 Å². The van der Waals surface area contributed by atoms with Crippen LogP contribution in [0.4, 0.5) is 0 Å². The maximum absolute atomic E-state index is 12.0. The molecule has 27 heavy (non-hydrogen) atoms. The summed E-state index contributed by atoms with van der Waals surface area (Å²) in [6.45, 7) is 4.71. The van der Waals surface area contributed by atoms with E-state index in [0.29, 0.717) is 25.1 Å². The molecule has 0 aliphatic carbocycles. The van der Waals surface area contributed by atoms with Gasteiger partial charge in [-0.1, -0.05) is 38.3 Å². The molecule has 0 spiro atoms. The van der Waals surface area contributed by atoms with E-state index in [1.807, 2.05) is 19.1 Å². The van der Waals surface area contributed by atoms with Crippen LogP contribution in [-0.4, -0.2) is 30.5 Å². The first kappa shape index (κ1) is 23.1. The van der Waals surface area contributed by atoms with Gasteiger partial charge in [-0.3, -0.25) is 4.79 Å². The van der Waals surface area contributed by atoms with Crippen LogP contribution in [0.1, 0.15) is 64.4 Å². The number of unbranched alkanes of at least 4 members (excludes halogenated alkanes) is 3. The van der Waals surface area contributed by atoms with Crippen molar-refractivity contribution in [3.8, 4) is 5.75 Å². The standard InChI is InChI=1S/C21H35N3O3/c1-3-4-5-9-20(25)24-16(2)15-17-10-12-18(13-11-17)27-21(26)19(23)8-6-7-14-22/h10-13,16,19H,3-9,14-15,22-23H2,1-2H3,(H,24,25). The summed E-state index contributed by atoms with van der Waals surface area (Å²) in [4.78, 5) is 23.8. The Kier molecular flexibility index (Phi) is 11.4. The SMILES string of the molecule is CCCCCC(=O)NC(C)Cc1ccc(OC(=O)C(N)CCCCN)cc1. The van der Waals surface area contributed by atoms with E-state index in [4.69, 9.17) is 16.2 Å². The first-order chi connectivity index (χ1) is 13.0. The highest BCUT2D eigenvalue weighted by Gasteiger charge is 2.15. The monoisotopic (exact) mass is 377 g/mol. The number of hydrogen-bond donors (Lipinski definition) is 3. The Bertz CT molecular complexity index is 560. The summed E-state index contributed by atoms with van der Waals surface area (Å²) in [6.07, 6.45) is 6.67. The first-order valence-corrected chi connectivity index (χ1v) is 10.0. The summed E-state index contributed by atoms with van der Waals surface area (Å²) in [5.74, 6) is 0.159. The number of hydrogen-bond acceptors (Lipinski definition) is 5. The Morgan fingerprint density at radius 1 is 1.11 bits per heavy atom. The Morgan fingerprint density at radius 2 is 1.81 bits per heavy atom. The molecule has 6 nitrogen and oxygen atoms in total. The van der Waals surface area contributed by atoms with Gasteiger partial charge in [-0.25, -0.2) is 4.79 Å². The van der Waals surface area contributed by atoms with Crippen molar-refractivity contribution in [3.05, 3.63) is 29.8 Å². The van der Waals surface area contributed by atoms with Gasteiger partial charge in [0.15, 0.2) is 0 Å². The summed E-state index contributed by atoms with van der Waals surface area (Å²) in [5.41, 5.74) is 12.3. The second-order valence-electron chi connectivity index (χ2n) is 7.09. The highest BCUT2D eigenvalue weighted by atomic mass is 16.5. The zero-order valence-corrected chi connectivity index (χ0v) is 16.7. The minimum atomic E-state index is -0.626. The van der Waals surface area contributed by atoms with Crippen molar-refractivity contribution in [3.63, 3.8) is 0 Å². The third kappa shape index (κ3) is 10.1. The van der Waals surface area contributed by atoms with Crippen molar-refractivity contribution in [2.24, 2.45) is 11.5 Å². The molecule has 0 aliphatic rings. The maximum Gasteiger partial charge on any atom is 0.328 e. The first-order valence-electron chi connectivity index (χ1n) is 10.0. The van der Waals surface area contributed by atoms with Crippen LogP contribution in [0.3, 0.4) is 0 Å². The number of carbonyl (C=O) groups excluding carboxylic acids is 2. The number of nitrogens with one attached hydrogen (secondary N) is 1. The van der Waals surface area contributed by atoms with Gasteiger partial charge < -0.3 is 21.5 Å². The lowest BCUT2D eigenvalue weighted by atomic mass is 10.1.